The Kier molecular flexibility index (Phi) is 11.0. The third-order valence-electron chi connectivity index (χ3n) is 8.02. The molecule has 1 aliphatic carbocycles. The van der Waals surface area contributed by atoms with Crippen LogP contribution in [0.15, 0.2) is 64.3 Å². The molecule has 11 nitrogen and oxygen atoms in total. The fraction of sp³-hybridized carbons (Fsp3) is 0.412. The Balaban J connectivity index is 1.07. The Morgan fingerprint density at radius 1 is 1.02 bits per heavy atom. The van der Waals surface area contributed by atoms with Crippen LogP contribution in [0.5, 0.6) is 6.01 Å². The summed E-state index contributed by atoms with van der Waals surface area (Å²) in [4.78, 5) is 42.3. The Hall–Kier alpha value is -4.71. The molecule has 0 spiro atoms. The number of nitrogen functional groups attached to an aromatic ring is 1. The lowest BCUT2D eigenvalue weighted by atomic mass is 10.1. The number of nitrogens with two attached hydrogens (primary N) is 1. The second-order valence-corrected chi connectivity index (χ2v) is 11.5. The van der Waals surface area contributed by atoms with Crippen molar-refractivity contribution in [2.75, 3.05) is 37.8 Å². The van der Waals surface area contributed by atoms with Gasteiger partial charge in [-0.15, -0.1) is 0 Å². The lowest BCUT2D eigenvalue weighted by molar-refractivity contribution is 0.0470. The summed E-state index contributed by atoms with van der Waals surface area (Å²) in [5.41, 5.74) is 6.51. The molecule has 1 aliphatic rings. The van der Waals surface area contributed by atoms with Gasteiger partial charge >= 0.3 is 12.0 Å². The molecule has 0 amide bonds. The number of benzene rings is 2. The molecule has 12 heteroatoms. The van der Waals surface area contributed by atoms with Gasteiger partial charge in [0, 0.05) is 43.3 Å². The van der Waals surface area contributed by atoms with E-state index in [1.54, 1.807) is 12.3 Å². The van der Waals surface area contributed by atoms with E-state index in [1.807, 2.05) is 34.9 Å². The molecule has 0 radical (unpaired) electrons. The molecule has 2 aromatic carbocycles. The smallest absolute Gasteiger partial charge is 0.343 e. The summed E-state index contributed by atoms with van der Waals surface area (Å²) in [7, 11) is 1.47. The number of nitrogens with zero attached hydrogens (tertiary/aromatic N) is 3. The van der Waals surface area contributed by atoms with Crippen LogP contribution in [0.4, 0.5) is 15.9 Å². The standard InChI is InChI=1S/C34H41FN6O5/c1-45-34-39-30(36)20-31(42)40(34)17-9-4-2-3-8-14-37-15-16-38-28-19-29-25(18-27(28)35)32(43)26(21-41(29)24-12-13-24)33(44)46-22-23-10-6-5-7-11-23/h5-7,10-11,18-21,24,37-38H,2-4,8-9,12-17,22,36H2,1H3. The topological polar surface area (TPSA) is 142 Å². The second kappa shape index (κ2) is 15.5. The van der Waals surface area contributed by atoms with E-state index in [9.17, 15) is 14.4 Å². The number of unbranched alkanes of at least 4 members (excludes halogenated alkanes) is 4. The van der Waals surface area contributed by atoms with Crippen LogP contribution in [0.1, 0.15) is 66.9 Å². The first-order chi connectivity index (χ1) is 22.4. The van der Waals surface area contributed by atoms with Crippen LogP contribution < -0.4 is 32.1 Å². The highest BCUT2D eigenvalue weighted by Gasteiger charge is 2.28. The minimum absolute atomic E-state index is 0.0503. The third-order valence-corrected chi connectivity index (χ3v) is 8.02. The summed E-state index contributed by atoms with van der Waals surface area (Å²) in [6.45, 7) is 2.57. The predicted molar refractivity (Wildman–Crippen MR) is 176 cm³/mol. The number of halogens is 1. The van der Waals surface area contributed by atoms with Gasteiger partial charge in [-0.05, 0) is 49.9 Å². The molecule has 0 unspecified atom stereocenters. The fourth-order valence-electron chi connectivity index (χ4n) is 5.43. The second-order valence-electron chi connectivity index (χ2n) is 11.5. The first kappa shape index (κ1) is 32.7. The van der Waals surface area contributed by atoms with E-state index in [1.165, 1.54) is 23.8 Å². The molecule has 4 N–H and O–H groups in total. The van der Waals surface area contributed by atoms with Gasteiger partial charge in [0.1, 0.15) is 23.8 Å². The van der Waals surface area contributed by atoms with Crippen LogP contribution in [-0.2, 0) is 17.9 Å². The molecule has 1 saturated carbocycles. The van der Waals surface area contributed by atoms with E-state index in [-0.39, 0.29) is 41.0 Å². The average molecular weight is 633 g/mol. The number of esters is 1. The highest BCUT2D eigenvalue weighted by atomic mass is 19.1. The lowest BCUT2D eigenvalue weighted by Crippen LogP contribution is -2.24. The van der Waals surface area contributed by atoms with Gasteiger partial charge in [0.05, 0.1) is 18.3 Å². The number of methoxy groups -OCH3 is 1. The van der Waals surface area contributed by atoms with E-state index < -0.39 is 17.2 Å². The maximum atomic E-state index is 15.1. The minimum atomic E-state index is -0.716. The quantitative estimate of drug-likeness (QED) is 0.112. The van der Waals surface area contributed by atoms with Gasteiger partial charge in [0.15, 0.2) is 0 Å². The normalized spacial score (nSPS) is 12.7. The first-order valence-corrected chi connectivity index (χ1v) is 15.8. The summed E-state index contributed by atoms with van der Waals surface area (Å²) in [6.07, 6.45) is 8.31. The van der Waals surface area contributed by atoms with Gasteiger partial charge in [0.2, 0.25) is 5.43 Å². The van der Waals surface area contributed by atoms with Crippen LogP contribution in [0, 0.1) is 5.82 Å². The Morgan fingerprint density at radius 3 is 2.54 bits per heavy atom. The Bertz CT molecular complexity index is 1770. The number of carbonyl (C=O) groups is 1. The average Bonchev–Trinajstić information content (AvgIpc) is 3.90. The molecule has 0 atom stereocenters. The van der Waals surface area contributed by atoms with Crippen molar-refractivity contribution in [3.8, 4) is 6.01 Å². The molecule has 2 heterocycles. The van der Waals surface area contributed by atoms with Crippen LogP contribution in [-0.4, -0.2) is 46.8 Å². The number of pyridine rings is 1. The minimum Gasteiger partial charge on any atom is -0.468 e. The van der Waals surface area contributed by atoms with E-state index in [0.29, 0.717) is 30.8 Å². The largest absolute Gasteiger partial charge is 0.468 e. The summed E-state index contributed by atoms with van der Waals surface area (Å²) < 4.78 is 29.1. The number of hydrogen-bond acceptors (Lipinski definition) is 9. The molecule has 46 heavy (non-hydrogen) atoms. The van der Waals surface area contributed by atoms with Crippen molar-refractivity contribution < 1.29 is 18.7 Å². The van der Waals surface area contributed by atoms with Crippen LogP contribution in [0.2, 0.25) is 0 Å². The highest BCUT2D eigenvalue weighted by molar-refractivity contribution is 5.94. The van der Waals surface area contributed by atoms with Gasteiger partial charge in [-0.25, -0.2) is 9.18 Å². The van der Waals surface area contributed by atoms with E-state index in [2.05, 4.69) is 15.6 Å². The number of anilines is 2. The predicted octanol–water partition coefficient (Wildman–Crippen LogP) is 4.63. The van der Waals surface area contributed by atoms with Crippen molar-refractivity contribution in [1.29, 1.82) is 0 Å². The first-order valence-electron chi connectivity index (χ1n) is 15.8. The molecule has 4 aromatic rings. The Morgan fingerprint density at radius 2 is 1.78 bits per heavy atom. The van der Waals surface area contributed by atoms with E-state index in [0.717, 1.165) is 57.1 Å². The number of carbonyl (C=O) groups excluding carboxylic acids is 1. The molecule has 0 saturated heterocycles. The number of ether oxygens (including phenoxy) is 2. The molecule has 2 aromatic heterocycles. The van der Waals surface area contributed by atoms with Crippen molar-refractivity contribution in [2.45, 2.75) is 64.1 Å². The zero-order chi connectivity index (χ0) is 32.5. The summed E-state index contributed by atoms with van der Waals surface area (Å²) in [5.74, 6) is -1.11. The number of aromatic nitrogens is 3. The summed E-state index contributed by atoms with van der Waals surface area (Å²) in [6, 6.07) is 13.8. The molecule has 0 bridgehead atoms. The zero-order valence-electron chi connectivity index (χ0n) is 26.1. The maximum Gasteiger partial charge on any atom is 0.343 e. The number of fused-ring (bicyclic) bond motifs is 1. The molecule has 5 rings (SSSR count). The molecular weight excluding hydrogens is 591 g/mol. The number of rotatable bonds is 17. The van der Waals surface area contributed by atoms with Crippen LogP contribution in [0.3, 0.4) is 0 Å². The van der Waals surface area contributed by atoms with Gasteiger partial charge in [-0.3, -0.25) is 14.2 Å². The van der Waals surface area contributed by atoms with Gasteiger partial charge in [-0.1, -0.05) is 49.6 Å². The zero-order valence-corrected chi connectivity index (χ0v) is 26.1. The third kappa shape index (κ3) is 8.30. The summed E-state index contributed by atoms with van der Waals surface area (Å²) >= 11 is 0. The van der Waals surface area contributed by atoms with Crippen LogP contribution in [0.25, 0.3) is 10.9 Å². The monoisotopic (exact) mass is 632 g/mol. The van der Waals surface area contributed by atoms with Crippen molar-refractivity contribution in [3.63, 3.8) is 0 Å². The Labute approximate surface area is 266 Å². The van der Waals surface area contributed by atoms with Crippen LogP contribution >= 0.6 is 0 Å². The maximum absolute atomic E-state index is 15.1. The van der Waals surface area contributed by atoms with E-state index in [4.69, 9.17) is 15.2 Å². The molecule has 0 aliphatic heterocycles. The number of hydrogen-bond donors (Lipinski definition) is 3. The lowest BCUT2D eigenvalue weighted by Gasteiger charge is -2.15. The molecular formula is C34H41FN6O5. The SMILES string of the molecule is COc1nc(N)cc(=O)n1CCCCCCCNCCNc1cc2c(cc1F)c(=O)c(C(=O)OCc1ccccc1)cn2C1CC1. The van der Waals surface area contributed by atoms with Gasteiger partial charge in [-0.2, -0.15) is 4.98 Å². The number of nitrogens with one attached hydrogen (secondary N) is 2. The van der Waals surface area contributed by atoms with Crippen molar-refractivity contribution in [3.05, 3.63) is 92.2 Å². The van der Waals surface area contributed by atoms with Gasteiger partial charge in [0.25, 0.3) is 5.56 Å². The summed E-state index contributed by atoms with van der Waals surface area (Å²) in [5, 5.41) is 6.68. The van der Waals surface area contributed by atoms with Crippen molar-refractivity contribution in [1.82, 2.24) is 19.4 Å². The fourth-order valence-corrected chi connectivity index (χ4v) is 5.43. The molecule has 244 valence electrons. The molecule has 1 fully saturated rings. The van der Waals surface area contributed by atoms with Gasteiger partial charge < -0.3 is 30.4 Å². The van der Waals surface area contributed by atoms with Crippen molar-refractivity contribution >= 4 is 28.4 Å². The van der Waals surface area contributed by atoms with E-state index >= 15 is 4.39 Å². The van der Waals surface area contributed by atoms with Crippen molar-refractivity contribution in [2.24, 2.45) is 0 Å². The highest BCUT2D eigenvalue weighted by Crippen LogP contribution is 2.37.